The zero-order chi connectivity index (χ0) is 8.60. The Morgan fingerprint density at radius 3 is 3.00 bits per heavy atom. The Morgan fingerprint density at radius 1 is 1.33 bits per heavy atom. The molecule has 1 fully saturated rings. The van der Waals surface area contributed by atoms with Gasteiger partial charge in [-0.25, -0.2) is 0 Å². The first-order chi connectivity index (χ1) is 5.71. The van der Waals surface area contributed by atoms with Crippen LogP contribution in [-0.2, 0) is 4.79 Å². The zero-order valence-corrected chi connectivity index (χ0v) is 7.73. The van der Waals surface area contributed by atoms with Crippen molar-refractivity contribution in [2.45, 2.75) is 45.4 Å². The zero-order valence-electron chi connectivity index (χ0n) is 7.73. The minimum absolute atomic E-state index is 0.258. The van der Waals surface area contributed by atoms with Crippen LogP contribution in [0.15, 0.2) is 11.6 Å². The smallest absolute Gasteiger partial charge is 0.156 e. The first kappa shape index (κ1) is 8.03. The monoisotopic (exact) mass is 164 g/mol. The molecule has 0 aromatic heterocycles. The lowest BCUT2D eigenvalue weighted by Crippen LogP contribution is -2.15. The highest BCUT2D eigenvalue weighted by molar-refractivity contribution is 5.94. The number of carbonyl (C=O) groups excluding carboxylic acids is 1. The first-order valence-electron chi connectivity index (χ1n) is 4.95. The SMILES string of the molecule is CC12CCCCCC1=CC(=O)C2. The van der Waals surface area contributed by atoms with Gasteiger partial charge in [0.1, 0.15) is 0 Å². The van der Waals surface area contributed by atoms with Crippen LogP contribution in [0, 0.1) is 5.41 Å². The molecule has 2 rings (SSSR count). The van der Waals surface area contributed by atoms with E-state index in [1.54, 1.807) is 0 Å². The molecule has 0 bridgehead atoms. The summed E-state index contributed by atoms with van der Waals surface area (Å²) in [5.41, 5.74) is 1.69. The van der Waals surface area contributed by atoms with Crippen molar-refractivity contribution in [1.29, 1.82) is 0 Å². The van der Waals surface area contributed by atoms with E-state index < -0.39 is 0 Å². The Balaban J connectivity index is 2.26. The Kier molecular flexibility index (Phi) is 1.82. The van der Waals surface area contributed by atoms with Gasteiger partial charge < -0.3 is 0 Å². The number of hydrogen-bond donors (Lipinski definition) is 0. The van der Waals surface area contributed by atoms with Gasteiger partial charge in [0.05, 0.1) is 0 Å². The number of fused-ring (bicyclic) bond motifs is 1. The second-order valence-corrected chi connectivity index (χ2v) is 4.43. The minimum atomic E-state index is 0.258. The molecular weight excluding hydrogens is 148 g/mol. The summed E-state index contributed by atoms with van der Waals surface area (Å²) < 4.78 is 0. The molecular formula is C11H16O. The lowest BCUT2D eigenvalue weighted by atomic mass is 9.79. The summed E-state index contributed by atoms with van der Waals surface area (Å²) in [6, 6.07) is 0. The topological polar surface area (TPSA) is 17.1 Å². The molecule has 1 nitrogen and oxygen atoms in total. The third kappa shape index (κ3) is 1.21. The molecule has 0 aliphatic heterocycles. The number of allylic oxidation sites excluding steroid dienone is 2. The maximum atomic E-state index is 11.3. The summed E-state index contributed by atoms with van der Waals surface area (Å²) in [6.45, 7) is 2.26. The molecule has 1 saturated carbocycles. The number of ketones is 1. The van der Waals surface area contributed by atoms with Gasteiger partial charge in [-0.3, -0.25) is 4.79 Å². The predicted molar refractivity (Wildman–Crippen MR) is 48.9 cm³/mol. The van der Waals surface area contributed by atoms with Crippen molar-refractivity contribution in [1.82, 2.24) is 0 Å². The Labute approximate surface area is 73.8 Å². The van der Waals surface area contributed by atoms with Gasteiger partial charge in [-0.05, 0) is 30.8 Å². The summed E-state index contributed by atoms with van der Waals surface area (Å²) in [5, 5.41) is 0. The number of hydrogen-bond acceptors (Lipinski definition) is 1. The normalized spacial score (nSPS) is 35.8. The largest absolute Gasteiger partial charge is 0.295 e. The van der Waals surface area contributed by atoms with Crippen molar-refractivity contribution in [2.75, 3.05) is 0 Å². The average Bonchev–Trinajstić information content (AvgIpc) is 2.14. The summed E-state index contributed by atoms with van der Waals surface area (Å²) in [7, 11) is 0. The van der Waals surface area contributed by atoms with Crippen molar-refractivity contribution in [2.24, 2.45) is 5.41 Å². The standard InChI is InChI=1S/C11H16O/c1-11-6-4-2-3-5-9(11)7-10(12)8-11/h7H,2-6,8H2,1H3. The lowest BCUT2D eigenvalue weighted by molar-refractivity contribution is -0.115. The molecule has 0 radical (unpaired) electrons. The van der Waals surface area contributed by atoms with Crippen molar-refractivity contribution in [3.63, 3.8) is 0 Å². The van der Waals surface area contributed by atoms with Gasteiger partial charge in [-0.1, -0.05) is 25.3 Å². The highest BCUT2D eigenvalue weighted by Crippen LogP contribution is 2.45. The van der Waals surface area contributed by atoms with E-state index in [1.165, 1.54) is 37.7 Å². The van der Waals surface area contributed by atoms with Gasteiger partial charge in [-0.2, -0.15) is 0 Å². The third-order valence-electron chi connectivity index (χ3n) is 3.35. The van der Waals surface area contributed by atoms with E-state index in [0.29, 0.717) is 5.78 Å². The highest BCUT2D eigenvalue weighted by Gasteiger charge is 2.36. The van der Waals surface area contributed by atoms with E-state index in [9.17, 15) is 4.79 Å². The molecule has 0 amide bonds. The quantitative estimate of drug-likeness (QED) is 0.538. The van der Waals surface area contributed by atoms with E-state index in [2.05, 4.69) is 6.92 Å². The molecule has 1 atom stereocenters. The number of carbonyl (C=O) groups is 1. The van der Waals surface area contributed by atoms with Crippen LogP contribution in [0.2, 0.25) is 0 Å². The number of rotatable bonds is 0. The summed E-state index contributed by atoms with van der Waals surface area (Å²) in [4.78, 5) is 11.3. The van der Waals surface area contributed by atoms with Gasteiger partial charge in [0.15, 0.2) is 5.78 Å². The van der Waals surface area contributed by atoms with Crippen LogP contribution in [-0.4, -0.2) is 5.78 Å². The highest BCUT2D eigenvalue weighted by atomic mass is 16.1. The van der Waals surface area contributed by atoms with Crippen LogP contribution < -0.4 is 0 Å². The van der Waals surface area contributed by atoms with Gasteiger partial charge in [0.2, 0.25) is 0 Å². The molecule has 2 aliphatic rings. The van der Waals surface area contributed by atoms with E-state index >= 15 is 0 Å². The molecule has 0 aromatic carbocycles. The van der Waals surface area contributed by atoms with Gasteiger partial charge in [0.25, 0.3) is 0 Å². The summed E-state index contributed by atoms with van der Waals surface area (Å²) in [5.74, 6) is 0.356. The third-order valence-corrected chi connectivity index (χ3v) is 3.35. The molecule has 1 heteroatoms. The maximum absolute atomic E-state index is 11.3. The molecule has 1 unspecified atom stereocenters. The second-order valence-electron chi connectivity index (χ2n) is 4.43. The van der Waals surface area contributed by atoms with Gasteiger partial charge >= 0.3 is 0 Å². The van der Waals surface area contributed by atoms with Crippen molar-refractivity contribution < 1.29 is 4.79 Å². The fourth-order valence-corrected chi connectivity index (χ4v) is 2.55. The molecule has 0 saturated heterocycles. The lowest BCUT2D eigenvalue weighted by Gasteiger charge is -2.24. The van der Waals surface area contributed by atoms with E-state index in [0.717, 1.165) is 6.42 Å². The van der Waals surface area contributed by atoms with Crippen LogP contribution in [0.25, 0.3) is 0 Å². The molecule has 2 aliphatic carbocycles. The van der Waals surface area contributed by atoms with E-state index in [-0.39, 0.29) is 5.41 Å². The van der Waals surface area contributed by atoms with Crippen LogP contribution in [0.4, 0.5) is 0 Å². The molecule has 12 heavy (non-hydrogen) atoms. The van der Waals surface area contributed by atoms with Crippen LogP contribution >= 0.6 is 0 Å². The molecule has 0 heterocycles. The summed E-state index contributed by atoms with van der Waals surface area (Å²) >= 11 is 0. The average molecular weight is 164 g/mol. The Bertz CT molecular complexity index is 239. The molecule has 66 valence electrons. The van der Waals surface area contributed by atoms with Crippen LogP contribution in [0.1, 0.15) is 45.4 Å². The van der Waals surface area contributed by atoms with Crippen molar-refractivity contribution in [3.05, 3.63) is 11.6 Å². The Morgan fingerprint density at radius 2 is 2.17 bits per heavy atom. The predicted octanol–water partition coefficient (Wildman–Crippen LogP) is 2.86. The summed E-state index contributed by atoms with van der Waals surface area (Å²) in [6.07, 6.45) is 9.03. The molecule has 0 aromatic rings. The van der Waals surface area contributed by atoms with Crippen molar-refractivity contribution >= 4 is 5.78 Å². The fraction of sp³-hybridized carbons (Fsp3) is 0.727. The minimum Gasteiger partial charge on any atom is -0.295 e. The van der Waals surface area contributed by atoms with Crippen LogP contribution in [0.5, 0.6) is 0 Å². The first-order valence-corrected chi connectivity index (χ1v) is 4.95. The van der Waals surface area contributed by atoms with Gasteiger partial charge in [0, 0.05) is 6.42 Å². The van der Waals surface area contributed by atoms with E-state index in [1.807, 2.05) is 6.08 Å². The van der Waals surface area contributed by atoms with Crippen molar-refractivity contribution in [3.8, 4) is 0 Å². The fourth-order valence-electron chi connectivity index (χ4n) is 2.55. The molecule has 0 spiro atoms. The van der Waals surface area contributed by atoms with Gasteiger partial charge in [-0.15, -0.1) is 0 Å². The molecule has 0 N–H and O–H groups in total. The van der Waals surface area contributed by atoms with E-state index in [4.69, 9.17) is 0 Å². The second kappa shape index (κ2) is 2.72. The maximum Gasteiger partial charge on any atom is 0.156 e. The Hall–Kier alpha value is -0.590. The van der Waals surface area contributed by atoms with Crippen LogP contribution in [0.3, 0.4) is 0 Å².